The van der Waals surface area contributed by atoms with E-state index in [1.165, 1.54) is 13.1 Å². The molecule has 0 aliphatic rings. The summed E-state index contributed by atoms with van der Waals surface area (Å²) in [5.41, 5.74) is 2.73. The minimum Gasteiger partial charge on any atom is -0.355 e. The molecule has 1 N–H and O–H groups in total. The topological polar surface area (TPSA) is 111 Å². The second-order valence-electron chi connectivity index (χ2n) is 5.91. The lowest BCUT2D eigenvalue weighted by atomic mass is 10.0. The number of H-pyrrole nitrogens is 1. The number of ketones is 2. The summed E-state index contributed by atoms with van der Waals surface area (Å²) in [6.07, 6.45) is 3.65. The molecule has 3 aromatic heterocycles. The van der Waals surface area contributed by atoms with Gasteiger partial charge in [-0.15, -0.1) is 0 Å². The van der Waals surface area contributed by atoms with Crippen molar-refractivity contribution < 1.29 is 14.1 Å². The second-order valence-corrected chi connectivity index (χ2v) is 5.91. The van der Waals surface area contributed by atoms with Gasteiger partial charge in [-0.3, -0.25) is 19.1 Å². The summed E-state index contributed by atoms with van der Waals surface area (Å²) in [5.74, 6) is -0.935. The Bertz CT molecular complexity index is 1030. The first-order valence-corrected chi connectivity index (χ1v) is 8.16. The number of carbonyl (C=O) groups excluding carboxylic acids is 2. The van der Waals surface area contributed by atoms with Crippen LogP contribution in [0.5, 0.6) is 0 Å². The summed E-state index contributed by atoms with van der Waals surface area (Å²) < 4.78 is 5.88. The fourth-order valence-corrected chi connectivity index (χ4v) is 3.08. The normalized spacial score (nSPS) is 10.9. The van der Waals surface area contributed by atoms with Gasteiger partial charge in [0, 0.05) is 29.2 Å². The van der Waals surface area contributed by atoms with Crippen molar-refractivity contribution in [2.45, 2.75) is 33.7 Å². The molecule has 0 fully saturated rings. The van der Waals surface area contributed by atoms with E-state index in [0.717, 1.165) is 4.57 Å². The third-order valence-corrected chi connectivity index (χ3v) is 4.18. The maximum absolute atomic E-state index is 12.8. The van der Waals surface area contributed by atoms with Gasteiger partial charge in [0.25, 0.3) is 0 Å². The Balaban J connectivity index is 2.01. The van der Waals surface area contributed by atoms with Crippen molar-refractivity contribution in [2.24, 2.45) is 0 Å². The Morgan fingerprint density at radius 1 is 1.35 bits per heavy atom. The van der Waals surface area contributed by atoms with Gasteiger partial charge in [-0.2, -0.15) is 0 Å². The van der Waals surface area contributed by atoms with Crippen LogP contribution in [0.4, 0.5) is 0 Å². The number of hydrogen-bond donors (Lipinski definition) is 1. The summed E-state index contributed by atoms with van der Waals surface area (Å²) in [5, 5.41) is 3.75. The van der Waals surface area contributed by atoms with Crippen molar-refractivity contribution in [3.63, 3.8) is 0 Å². The largest absolute Gasteiger partial charge is 0.442 e. The molecule has 134 valence electrons. The Hall–Kier alpha value is -3.29. The lowest BCUT2D eigenvalue weighted by Gasteiger charge is -2.05. The van der Waals surface area contributed by atoms with E-state index < -0.39 is 5.76 Å². The molecule has 3 aromatic rings. The van der Waals surface area contributed by atoms with Crippen molar-refractivity contribution in [3.05, 3.63) is 57.6 Å². The van der Waals surface area contributed by atoms with E-state index in [9.17, 15) is 14.4 Å². The van der Waals surface area contributed by atoms with Crippen LogP contribution in [0.1, 0.15) is 46.0 Å². The number of aryl methyl sites for hydroxylation is 1. The van der Waals surface area contributed by atoms with Crippen LogP contribution in [0.2, 0.25) is 0 Å². The zero-order chi connectivity index (χ0) is 18.8. The molecular formula is C18H18N4O4. The van der Waals surface area contributed by atoms with Crippen LogP contribution in [0.3, 0.4) is 0 Å². The number of hydrogen-bond acceptors (Lipinski definition) is 6. The predicted octanol–water partition coefficient (Wildman–Crippen LogP) is 2.18. The van der Waals surface area contributed by atoms with Crippen LogP contribution in [0.25, 0.3) is 11.4 Å². The van der Waals surface area contributed by atoms with Crippen LogP contribution >= 0.6 is 0 Å². The molecule has 0 unspecified atom stereocenters. The minimum absolute atomic E-state index is 0.104. The lowest BCUT2D eigenvalue weighted by molar-refractivity contribution is 0.0964. The van der Waals surface area contributed by atoms with Gasteiger partial charge in [0.1, 0.15) is 0 Å². The Morgan fingerprint density at radius 3 is 2.73 bits per heavy atom. The lowest BCUT2D eigenvalue weighted by Crippen LogP contribution is -2.22. The van der Waals surface area contributed by atoms with Crippen LogP contribution in [-0.2, 0) is 13.0 Å². The third kappa shape index (κ3) is 3.01. The first kappa shape index (κ1) is 17.5. The standard InChI is InChI=1S/C18H18N4O4/c1-4-13-15(11(3)23)10(2)20-16(13)14(24)9-22-17(21-26-18(22)25)12-6-5-7-19-8-12/h5-8,20H,4,9H2,1-3H3. The van der Waals surface area contributed by atoms with Gasteiger partial charge in [-0.1, -0.05) is 12.1 Å². The Labute approximate surface area is 148 Å². The number of pyridine rings is 1. The molecular weight excluding hydrogens is 336 g/mol. The van der Waals surface area contributed by atoms with E-state index in [1.54, 1.807) is 25.3 Å². The zero-order valence-electron chi connectivity index (χ0n) is 14.7. The second kappa shape index (κ2) is 6.91. The van der Waals surface area contributed by atoms with Crippen LogP contribution in [-0.4, -0.2) is 31.3 Å². The quantitative estimate of drug-likeness (QED) is 0.679. The van der Waals surface area contributed by atoms with Gasteiger partial charge in [0.15, 0.2) is 17.4 Å². The van der Waals surface area contributed by atoms with Gasteiger partial charge >= 0.3 is 5.76 Å². The SMILES string of the molecule is CCc1c(C(=O)Cn2c(-c3cccnc3)noc2=O)[nH]c(C)c1C(C)=O. The number of nitrogens with zero attached hydrogens (tertiary/aromatic N) is 3. The maximum atomic E-state index is 12.8. The van der Waals surface area contributed by atoms with E-state index in [-0.39, 0.29) is 23.9 Å². The summed E-state index contributed by atoms with van der Waals surface area (Å²) in [4.78, 5) is 43.7. The van der Waals surface area contributed by atoms with Crippen LogP contribution < -0.4 is 5.76 Å². The summed E-state index contributed by atoms with van der Waals surface area (Å²) in [6, 6.07) is 3.42. The maximum Gasteiger partial charge on any atom is 0.442 e. The molecule has 0 aliphatic heterocycles. The van der Waals surface area contributed by atoms with Crippen LogP contribution in [0, 0.1) is 6.92 Å². The highest BCUT2D eigenvalue weighted by atomic mass is 16.5. The van der Waals surface area contributed by atoms with Gasteiger partial charge in [0.2, 0.25) is 0 Å². The molecule has 0 atom stereocenters. The van der Waals surface area contributed by atoms with Crippen molar-refractivity contribution in [3.8, 4) is 11.4 Å². The summed E-state index contributed by atoms with van der Waals surface area (Å²) in [7, 11) is 0. The fraction of sp³-hybridized carbons (Fsp3) is 0.278. The van der Waals surface area contributed by atoms with Crippen molar-refractivity contribution in [2.75, 3.05) is 0 Å². The van der Waals surface area contributed by atoms with E-state index in [1.807, 2.05) is 6.92 Å². The molecule has 8 nitrogen and oxygen atoms in total. The molecule has 0 radical (unpaired) electrons. The van der Waals surface area contributed by atoms with E-state index in [2.05, 4.69) is 15.1 Å². The Kier molecular flexibility index (Phi) is 4.66. The molecule has 0 bridgehead atoms. The number of nitrogens with one attached hydrogen (secondary N) is 1. The molecule has 0 saturated carbocycles. The monoisotopic (exact) mass is 354 g/mol. The van der Waals surface area contributed by atoms with Crippen molar-refractivity contribution >= 4 is 11.6 Å². The molecule has 0 saturated heterocycles. The average Bonchev–Trinajstić information content (AvgIpc) is 3.15. The minimum atomic E-state index is -0.731. The molecule has 26 heavy (non-hydrogen) atoms. The molecule has 3 heterocycles. The average molecular weight is 354 g/mol. The molecule has 3 rings (SSSR count). The molecule has 0 spiro atoms. The Morgan fingerprint density at radius 2 is 2.12 bits per heavy atom. The first-order chi connectivity index (χ1) is 12.4. The van der Waals surface area contributed by atoms with Crippen molar-refractivity contribution in [1.29, 1.82) is 0 Å². The highest BCUT2D eigenvalue weighted by Crippen LogP contribution is 2.22. The van der Waals surface area contributed by atoms with Gasteiger partial charge in [0.05, 0.1) is 12.2 Å². The number of carbonyl (C=O) groups is 2. The van der Waals surface area contributed by atoms with Gasteiger partial charge in [-0.25, -0.2) is 9.36 Å². The highest BCUT2D eigenvalue weighted by molar-refractivity contribution is 6.03. The van der Waals surface area contributed by atoms with Crippen molar-refractivity contribution in [1.82, 2.24) is 19.7 Å². The molecule has 0 aliphatic carbocycles. The zero-order valence-corrected chi connectivity index (χ0v) is 14.7. The molecule has 0 aromatic carbocycles. The number of rotatable bonds is 6. The van der Waals surface area contributed by atoms with E-state index >= 15 is 0 Å². The van der Waals surface area contributed by atoms with E-state index in [4.69, 9.17) is 4.52 Å². The smallest absolute Gasteiger partial charge is 0.355 e. The van der Waals surface area contributed by atoms with Gasteiger partial charge in [-0.05, 0) is 38.0 Å². The number of aromatic amines is 1. The number of Topliss-reactive ketones (excluding diaryl/α,β-unsaturated/α-hetero) is 2. The summed E-state index contributed by atoms with van der Waals surface area (Å²) in [6.45, 7) is 4.84. The van der Waals surface area contributed by atoms with E-state index in [0.29, 0.717) is 34.5 Å². The summed E-state index contributed by atoms with van der Waals surface area (Å²) >= 11 is 0. The number of aromatic nitrogens is 4. The molecule has 0 amide bonds. The molecule has 8 heteroatoms. The first-order valence-electron chi connectivity index (χ1n) is 8.16. The third-order valence-electron chi connectivity index (χ3n) is 4.18. The predicted molar refractivity (Wildman–Crippen MR) is 93.2 cm³/mol. The van der Waals surface area contributed by atoms with Crippen LogP contribution in [0.15, 0.2) is 33.8 Å². The highest BCUT2D eigenvalue weighted by Gasteiger charge is 2.24. The van der Waals surface area contributed by atoms with Gasteiger partial charge < -0.3 is 4.98 Å². The fourth-order valence-electron chi connectivity index (χ4n) is 3.08.